The lowest BCUT2D eigenvalue weighted by molar-refractivity contribution is 0.118. The second kappa shape index (κ2) is 5.36. The van der Waals surface area contributed by atoms with Crippen molar-refractivity contribution in [3.8, 4) is 5.75 Å². The topological polar surface area (TPSA) is 29.5 Å². The van der Waals surface area contributed by atoms with Crippen LogP contribution in [0.15, 0.2) is 24.3 Å². The van der Waals surface area contributed by atoms with E-state index in [9.17, 15) is 9.18 Å². The average molecular weight is 258 g/mol. The van der Waals surface area contributed by atoms with Gasteiger partial charge in [0.2, 0.25) is 0 Å². The van der Waals surface area contributed by atoms with Crippen molar-refractivity contribution in [3.63, 3.8) is 0 Å². The van der Waals surface area contributed by atoms with Gasteiger partial charge in [0.25, 0.3) is 0 Å². The van der Waals surface area contributed by atoms with Gasteiger partial charge in [-0.05, 0) is 23.7 Å². The van der Waals surface area contributed by atoms with Gasteiger partial charge in [-0.3, -0.25) is 4.79 Å². The lowest BCUT2D eigenvalue weighted by atomic mass is 10.1. The van der Waals surface area contributed by atoms with Crippen LogP contribution in [0.5, 0.6) is 5.75 Å². The number of benzene rings is 1. The molecule has 0 aliphatic carbocycles. The summed E-state index contributed by atoms with van der Waals surface area (Å²) in [6, 6.07) is 6.07. The first-order valence-electron chi connectivity index (χ1n) is 5.52. The molecule has 3 nitrogen and oxygen atoms in total. The van der Waals surface area contributed by atoms with Gasteiger partial charge in [-0.25, -0.2) is 4.39 Å². The van der Waals surface area contributed by atoms with Gasteiger partial charge in [-0.1, -0.05) is 6.07 Å². The van der Waals surface area contributed by atoms with Crippen LogP contribution < -0.4 is 4.74 Å². The fourth-order valence-electron chi connectivity index (χ4n) is 1.88. The molecule has 92 valence electrons. The summed E-state index contributed by atoms with van der Waals surface area (Å²) < 4.78 is 18.6. The molecule has 0 saturated carbocycles. The molecule has 1 aliphatic rings. The predicted molar refractivity (Wildman–Crippen MR) is 62.9 cm³/mol. The highest BCUT2D eigenvalue weighted by atomic mass is 35.5. The molecule has 1 saturated heterocycles. The molecule has 0 bridgehead atoms. The number of halogens is 2. The molecule has 0 aromatic heterocycles. The molecule has 17 heavy (non-hydrogen) atoms. The number of ether oxygens (including phenoxy) is 1. The van der Waals surface area contributed by atoms with Gasteiger partial charge in [0.05, 0.1) is 0 Å². The van der Waals surface area contributed by atoms with E-state index in [2.05, 4.69) is 0 Å². The van der Waals surface area contributed by atoms with E-state index in [1.165, 1.54) is 12.1 Å². The van der Waals surface area contributed by atoms with E-state index in [4.69, 9.17) is 16.3 Å². The second-order valence-corrected chi connectivity index (χ2v) is 4.34. The third-order valence-corrected chi connectivity index (χ3v) is 3.03. The second-order valence-electron chi connectivity index (χ2n) is 4.01. The first kappa shape index (κ1) is 12.2. The number of rotatable bonds is 2. The molecule has 1 heterocycles. The molecule has 5 heteroatoms. The number of likely N-dealkylation sites (tertiary alicyclic amines) is 1. The molecule has 2 rings (SSSR count). The Bertz CT molecular complexity index is 405. The monoisotopic (exact) mass is 257 g/mol. The van der Waals surface area contributed by atoms with E-state index >= 15 is 0 Å². The van der Waals surface area contributed by atoms with E-state index in [1.807, 2.05) is 0 Å². The van der Waals surface area contributed by atoms with E-state index < -0.39 is 5.37 Å². The summed E-state index contributed by atoms with van der Waals surface area (Å²) in [5.41, 5.74) is 0. The molecule has 0 N–H and O–H groups in total. The zero-order valence-corrected chi connectivity index (χ0v) is 9.99. The smallest absolute Gasteiger partial charge is 0.316 e. The van der Waals surface area contributed by atoms with Crippen LogP contribution in [0.3, 0.4) is 0 Å². The summed E-state index contributed by atoms with van der Waals surface area (Å²) in [7, 11) is 0. The summed E-state index contributed by atoms with van der Waals surface area (Å²) in [5.74, 6) is 0.219. The van der Waals surface area contributed by atoms with Gasteiger partial charge >= 0.3 is 5.37 Å². The van der Waals surface area contributed by atoms with Crippen molar-refractivity contribution in [2.45, 2.75) is 18.9 Å². The third-order valence-electron chi connectivity index (χ3n) is 2.79. The zero-order valence-electron chi connectivity index (χ0n) is 9.23. The van der Waals surface area contributed by atoms with Crippen LogP contribution in [0.25, 0.3) is 0 Å². The number of hydrogen-bond acceptors (Lipinski definition) is 2. The average Bonchev–Trinajstić information content (AvgIpc) is 2.29. The van der Waals surface area contributed by atoms with Crippen molar-refractivity contribution in [2.24, 2.45) is 0 Å². The van der Waals surface area contributed by atoms with E-state index in [-0.39, 0.29) is 11.9 Å². The quantitative estimate of drug-likeness (QED) is 0.602. The maximum absolute atomic E-state index is 12.9. The number of carbonyl (C=O) groups excluding carboxylic acids is 1. The van der Waals surface area contributed by atoms with Crippen molar-refractivity contribution >= 4 is 17.0 Å². The summed E-state index contributed by atoms with van der Waals surface area (Å²) in [6.07, 6.45) is 1.45. The Labute approximate surface area is 104 Å². The lowest BCUT2D eigenvalue weighted by Crippen LogP contribution is -2.39. The number of nitrogens with zero attached hydrogens (tertiary/aromatic N) is 1. The van der Waals surface area contributed by atoms with Crippen LogP contribution in [0, 0.1) is 5.82 Å². The van der Waals surface area contributed by atoms with Crippen molar-refractivity contribution in [1.82, 2.24) is 4.90 Å². The van der Waals surface area contributed by atoms with Gasteiger partial charge in [-0.2, -0.15) is 0 Å². The first-order chi connectivity index (χ1) is 8.15. The number of piperidine rings is 1. The third kappa shape index (κ3) is 3.33. The molecule has 1 aromatic carbocycles. The fraction of sp³-hybridized carbons (Fsp3) is 0.417. The van der Waals surface area contributed by atoms with Gasteiger partial charge in [0.1, 0.15) is 17.7 Å². The van der Waals surface area contributed by atoms with Crippen LogP contribution in [-0.2, 0) is 0 Å². The Kier molecular flexibility index (Phi) is 3.84. The summed E-state index contributed by atoms with van der Waals surface area (Å²) >= 11 is 5.38. The SMILES string of the molecule is O=C(Cl)N1CCC(Oc2cccc(F)c2)CC1. The van der Waals surface area contributed by atoms with Crippen molar-refractivity contribution < 1.29 is 13.9 Å². The molecular formula is C12H13ClFNO2. The number of amides is 1. The van der Waals surface area contributed by atoms with Crippen LogP contribution >= 0.6 is 11.6 Å². The Balaban J connectivity index is 1.88. The van der Waals surface area contributed by atoms with Crippen LogP contribution in [0.1, 0.15) is 12.8 Å². The molecule has 0 unspecified atom stereocenters. The summed E-state index contributed by atoms with van der Waals surface area (Å²) in [5, 5.41) is -0.422. The van der Waals surface area contributed by atoms with Crippen LogP contribution in [0.4, 0.5) is 9.18 Å². The summed E-state index contributed by atoms with van der Waals surface area (Å²) in [6.45, 7) is 1.17. The Morgan fingerprint density at radius 2 is 2.12 bits per heavy atom. The predicted octanol–water partition coefficient (Wildman–Crippen LogP) is 3.03. The van der Waals surface area contributed by atoms with Crippen LogP contribution in [0.2, 0.25) is 0 Å². The molecule has 0 spiro atoms. The molecule has 1 amide bonds. The molecule has 1 fully saturated rings. The van der Waals surface area contributed by atoms with Gasteiger partial charge in [-0.15, -0.1) is 0 Å². The largest absolute Gasteiger partial charge is 0.490 e. The van der Waals surface area contributed by atoms with Crippen molar-refractivity contribution in [1.29, 1.82) is 0 Å². The maximum Gasteiger partial charge on any atom is 0.316 e. The molecule has 0 atom stereocenters. The normalized spacial score (nSPS) is 16.9. The lowest BCUT2D eigenvalue weighted by Gasteiger charge is -2.30. The molecule has 0 radical (unpaired) electrons. The van der Waals surface area contributed by atoms with Gasteiger partial charge in [0, 0.05) is 32.0 Å². The minimum atomic E-state index is -0.422. The standard InChI is InChI=1S/C12H13ClFNO2/c13-12(16)15-6-4-10(5-7-15)17-11-3-1-2-9(14)8-11/h1-3,8,10H,4-7H2. The number of hydrogen-bond donors (Lipinski definition) is 0. The Hall–Kier alpha value is -1.29. The molecular weight excluding hydrogens is 245 g/mol. The van der Waals surface area contributed by atoms with E-state index in [0.717, 1.165) is 12.8 Å². The minimum absolute atomic E-state index is 0.0177. The minimum Gasteiger partial charge on any atom is -0.490 e. The Morgan fingerprint density at radius 1 is 1.41 bits per heavy atom. The molecule has 1 aromatic rings. The highest BCUT2D eigenvalue weighted by molar-refractivity contribution is 6.62. The maximum atomic E-state index is 12.9. The Morgan fingerprint density at radius 3 is 2.71 bits per heavy atom. The van der Waals surface area contributed by atoms with Gasteiger partial charge < -0.3 is 9.64 Å². The van der Waals surface area contributed by atoms with Gasteiger partial charge in [0.15, 0.2) is 0 Å². The summed E-state index contributed by atoms with van der Waals surface area (Å²) in [4.78, 5) is 12.5. The highest BCUT2D eigenvalue weighted by Gasteiger charge is 2.22. The zero-order chi connectivity index (χ0) is 12.3. The fourth-order valence-corrected chi connectivity index (χ4v) is 2.05. The first-order valence-corrected chi connectivity index (χ1v) is 5.89. The van der Waals surface area contributed by atoms with Crippen LogP contribution in [-0.4, -0.2) is 29.5 Å². The molecule has 1 aliphatic heterocycles. The van der Waals surface area contributed by atoms with E-state index in [0.29, 0.717) is 18.8 Å². The number of carbonyl (C=O) groups is 1. The van der Waals surface area contributed by atoms with Crippen molar-refractivity contribution in [3.05, 3.63) is 30.1 Å². The van der Waals surface area contributed by atoms with E-state index in [1.54, 1.807) is 17.0 Å². The van der Waals surface area contributed by atoms with Crippen molar-refractivity contribution in [2.75, 3.05) is 13.1 Å². The highest BCUT2D eigenvalue weighted by Crippen LogP contribution is 2.20.